The van der Waals surface area contributed by atoms with Crippen LogP contribution in [0.1, 0.15) is 17.0 Å². The molecule has 0 fully saturated rings. The predicted molar refractivity (Wildman–Crippen MR) is 110 cm³/mol. The molecule has 0 aromatic carbocycles. The maximum Gasteiger partial charge on any atom is 0.0711 e. The number of rotatable bonds is 9. The van der Waals surface area contributed by atoms with Gasteiger partial charge in [0.25, 0.3) is 0 Å². The summed E-state index contributed by atoms with van der Waals surface area (Å²) >= 11 is 21.5. The van der Waals surface area contributed by atoms with E-state index in [1.54, 1.807) is 0 Å². The van der Waals surface area contributed by atoms with Gasteiger partial charge < -0.3 is 0 Å². The second kappa shape index (κ2) is 11.4. The maximum atomic E-state index is 4.27. The summed E-state index contributed by atoms with van der Waals surface area (Å²) < 4.78 is 0. The molecule has 1 rings (SSSR count). The summed E-state index contributed by atoms with van der Waals surface area (Å²) in [5.41, 5.74) is 3.27. The Labute approximate surface area is 176 Å². The smallest absolute Gasteiger partial charge is 0.0711 e. The zero-order valence-corrected chi connectivity index (χ0v) is 20.6. The lowest BCUT2D eigenvalue weighted by Gasteiger charge is -2.16. The van der Waals surface area contributed by atoms with E-state index in [1.807, 2.05) is 0 Å². The van der Waals surface area contributed by atoms with E-state index in [0.29, 0.717) is 14.5 Å². The fourth-order valence-corrected chi connectivity index (χ4v) is 3.41. The molecule has 0 saturated heterocycles. The molecule has 1 aromatic rings. The molecule has 0 aliphatic rings. The highest BCUT2D eigenvalue weighted by molar-refractivity contribution is 9.12. The average Bonchev–Trinajstić information content (AvgIpc) is 2.49. The van der Waals surface area contributed by atoms with Crippen molar-refractivity contribution in [3.63, 3.8) is 0 Å². The monoisotopic (exact) mass is 675 g/mol. The molecule has 0 radical (unpaired) electrons. The quantitative estimate of drug-likeness (QED) is 0.346. The van der Waals surface area contributed by atoms with Crippen molar-refractivity contribution in [3.05, 3.63) is 17.0 Å². The molecule has 0 spiro atoms. The van der Waals surface area contributed by atoms with Crippen LogP contribution in [0, 0.1) is 0 Å². The molecule has 9 heteroatoms. The second-order valence-electron chi connectivity index (χ2n) is 4.53. The fraction of sp³-hybridized carbons (Fsp3) is 0.750. The van der Waals surface area contributed by atoms with Gasteiger partial charge in [-0.3, -0.25) is 0 Å². The lowest BCUT2D eigenvalue weighted by molar-refractivity contribution is 0.713. The third-order valence-electron chi connectivity index (χ3n) is 2.79. The number of hydrogen-bond acceptors (Lipinski definition) is 3. The number of alkyl halides is 6. The summed E-state index contributed by atoms with van der Waals surface area (Å²) in [5, 5.41) is 15.1. The Hall–Kier alpha value is 1.89. The van der Waals surface area contributed by atoms with Gasteiger partial charge in [-0.15, -0.1) is 10.2 Å². The molecule has 21 heavy (non-hydrogen) atoms. The van der Waals surface area contributed by atoms with Crippen LogP contribution < -0.4 is 0 Å². The van der Waals surface area contributed by atoms with E-state index in [-0.39, 0.29) is 0 Å². The van der Waals surface area contributed by atoms with Crippen molar-refractivity contribution in [2.75, 3.05) is 16.0 Å². The molecule has 0 bridgehead atoms. The van der Waals surface area contributed by atoms with E-state index in [9.17, 15) is 0 Å². The van der Waals surface area contributed by atoms with Crippen molar-refractivity contribution in [3.8, 4) is 0 Å². The topological polar surface area (TPSA) is 38.7 Å². The molecule has 3 nitrogen and oxygen atoms in total. The van der Waals surface area contributed by atoms with Gasteiger partial charge in [-0.2, -0.15) is 0 Å². The second-order valence-corrected chi connectivity index (χ2v) is 10.4. The van der Waals surface area contributed by atoms with Crippen LogP contribution in [-0.2, 0) is 19.3 Å². The Bertz CT molecular complexity index is 403. The van der Waals surface area contributed by atoms with Gasteiger partial charge in [0.1, 0.15) is 0 Å². The van der Waals surface area contributed by atoms with Gasteiger partial charge in [0, 0.05) is 48.9 Å². The summed E-state index contributed by atoms with van der Waals surface area (Å²) in [6, 6.07) is 0. The van der Waals surface area contributed by atoms with Gasteiger partial charge in [-0.1, -0.05) is 95.6 Å². The van der Waals surface area contributed by atoms with Crippen molar-refractivity contribution >= 4 is 95.6 Å². The van der Waals surface area contributed by atoms with Crippen LogP contribution in [0.25, 0.3) is 0 Å². The van der Waals surface area contributed by atoms with E-state index in [0.717, 1.165) is 46.6 Å². The molecule has 0 aliphatic carbocycles. The minimum atomic E-state index is 0.342. The lowest BCUT2D eigenvalue weighted by Crippen LogP contribution is -2.19. The van der Waals surface area contributed by atoms with Gasteiger partial charge in [0.15, 0.2) is 0 Å². The third-order valence-corrected chi connectivity index (χ3v) is 9.68. The van der Waals surface area contributed by atoms with Gasteiger partial charge in [0.05, 0.1) is 11.4 Å². The minimum Gasteiger partial charge on any atom is -0.135 e. The van der Waals surface area contributed by atoms with Crippen LogP contribution in [0.15, 0.2) is 0 Å². The number of nitrogens with zero attached hydrogens (tertiary/aromatic N) is 3. The molecule has 0 aliphatic heterocycles. The number of aromatic nitrogens is 3. The molecule has 3 atom stereocenters. The number of hydrogen-bond donors (Lipinski definition) is 0. The van der Waals surface area contributed by atoms with Crippen molar-refractivity contribution in [1.82, 2.24) is 15.4 Å². The van der Waals surface area contributed by atoms with E-state index in [1.165, 1.54) is 5.56 Å². The Morgan fingerprint density at radius 2 is 1.05 bits per heavy atom. The van der Waals surface area contributed by atoms with E-state index in [4.69, 9.17) is 0 Å². The first-order valence-electron chi connectivity index (χ1n) is 6.31. The summed E-state index contributed by atoms with van der Waals surface area (Å²) in [6.07, 6.45) is 2.57. The molecule has 1 heterocycles. The highest BCUT2D eigenvalue weighted by Crippen LogP contribution is 2.23. The lowest BCUT2D eigenvalue weighted by atomic mass is 10.0. The molecule has 1 aromatic heterocycles. The Kier molecular flexibility index (Phi) is 11.4. The van der Waals surface area contributed by atoms with E-state index >= 15 is 0 Å². The Balaban J connectivity index is 3.07. The maximum absolute atomic E-state index is 4.27. The standard InChI is InChI=1S/C12H15Br6N3/c13-4-7(16)1-10-11(2-8(17)5-14)19-21-20-12(10)3-9(18)6-15/h7-9H,1-6H2. The van der Waals surface area contributed by atoms with E-state index < -0.39 is 0 Å². The summed E-state index contributed by atoms with van der Waals surface area (Å²) in [4.78, 5) is 1.04. The minimum absolute atomic E-state index is 0.342. The van der Waals surface area contributed by atoms with Crippen molar-refractivity contribution in [2.24, 2.45) is 0 Å². The molecular formula is C12H15Br6N3. The molecule has 3 unspecified atom stereocenters. The summed E-state index contributed by atoms with van der Waals surface area (Å²) in [7, 11) is 0. The molecule has 0 amide bonds. The largest absolute Gasteiger partial charge is 0.135 e. The summed E-state index contributed by atoms with van der Waals surface area (Å²) in [6.45, 7) is 0. The SMILES string of the molecule is BrCC(Br)Cc1nnnc(CC(Br)CBr)c1CC(Br)CBr. The normalized spacial score (nSPS) is 15.7. The third kappa shape index (κ3) is 7.54. The van der Waals surface area contributed by atoms with Crippen molar-refractivity contribution in [1.29, 1.82) is 0 Å². The highest BCUT2D eigenvalue weighted by atomic mass is 79.9. The van der Waals surface area contributed by atoms with Crippen LogP contribution >= 0.6 is 95.6 Å². The summed E-state index contributed by atoms with van der Waals surface area (Å²) in [5.74, 6) is 0. The molecule has 120 valence electrons. The first-order valence-corrected chi connectivity index (χ1v) is 12.4. The zero-order valence-electron chi connectivity index (χ0n) is 11.1. The van der Waals surface area contributed by atoms with Crippen LogP contribution in [0.5, 0.6) is 0 Å². The zero-order chi connectivity index (χ0) is 15.8. The first-order chi connectivity index (χ1) is 10.0. The predicted octanol–water partition coefficient (Wildman–Crippen LogP) is 4.97. The van der Waals surface area contributed by atoms with Gasteiger partial charge in [0.2, 0.25) is 0 Å². The molecular weight excluding hydrogens is 666 g/mol. The van der Waals surface area contributed by atoms with Crippen molar-refractivity contribution < 1.29 is 0 Å². The molecule has 0 saturated carbocycles. The van der Waals surface area contributed by atoms with Crippen LogP contribution in [0.2, 0.25) is 0 Å². The van der Waals surface area contributed by atoms with Crippen LogP contribution in [0.3, 0.4) is 0 Å². The number of halogens is 6. The van der Waals surface area contributed by atoms with Gasteiger partial charge in [-0.05, 0) is 11.6 Å². The average molecular weight is 681 g/mol. The molecule has 0 N–H and O–H groups in total. The Morgan fingerprint density at radius 1 is 0.667 bits per heavy atom. The van der Waals surface area contributed by atoms with Gasteiger partial charge in [-0.25, -0.2) is 0 Å². The van der Waals surface area contributed by atoms with E-state index in [2.05, 4.69) is 111 Å². The van der Waals surface area contributed by atoms with Crippen LogP contribution in [-0.4, -0.2) is 45.9 Å². The highest BCUT2D eigenvalue weighted by Gasteiger charge is 2.19. The van der Waals surface area contributed by atoms with Crippen LogP contribution in [0.4, 0.5) is 0 Å². The Morgan fingerprint density at radius 3 is 1.43 bits per heavy atom. The first kappa shape index (κ1) is 20.9. The fourth-order valence-electron chi connectivity index (χ4n) is 1.79. The van der Waals surface area contributed by atoms with Gasteiger partial charge >= 0.3 is 0 Å². The van der Waals surface area contributed by atoms with Crippen molar-refractivity contribution in [2.45, 2.75) is 33.7 Å².